The third-order valence-electron chi connectivity index (χ3n) is 6.57. The summed E-state index contributed by atoms with van der Waals surface area (Å²) in [5.41, 5.74) is 0.412. The molecule has 0 bridgehead atoms. The number of carbonyl (C=O) groups excluding carboxylic acids is 1. The minimum absolute atomic E-state index is 0.356. The van der Waals surface area contributed by atoms with Crippen molar-refractivity contribution in [3.8, 4) is 0 Å². The first-order chi connectivity index (χ1) is 16.1. The lowest BCUT2D eigenvalue weighted by molar-refractivity contribution is -0.139. The fourth-order valence-electron chi connectivity index (χ4n) is 4.29. The number of allylic oxidation sites excluding steroid dienone is 1. The van der Waals surface area contributed by atoms with Gasteiger partial charge in [-0.3, -0.25) is 0 Å². The van der Waals surface area contributed by atoms with Crippen molar-refractivity contribution in [2.75, 3.05) is 6.61 Å². The monoisotopic (exact) mass is 468 g/mol. The number of halogens is 1. The van der Waals surface area contributed by atoms with Crippen molar-refractivity contribution in [2.24, 2.45) is 0 Å². The summed E-state index contributed by atoms with van der Waals surface area (Å²) >= 11 is 0. The van der Waals surface area contributed by atoms with Gasteiger partial charge < -0.3 is 4.74 Å². The summed E-state index contributed by atoms with van der Waals surface area (Å²) in [4.78, 5) is 12.0. The lowest BCUT2D eigenvalue weighted by atomic mass is 10.0. The van der Waals surface area contributed by atoms with Crippen LogP contribution in [0.2, 0.25) is 0 Å². The second-order valence-corrected chi connectivity index (χ2v) is 10.0. The molecular formula is C30H57FO2. The van der Waals surface area contributed by atoms with Crippen LogP contribution in [-0.4, -0.2) is 18.7 Å². The van der Waals surface area contributed by atoms with E-state index in [1.54, 1.807) is 6.92 Å². The van der Waals surface area contributed by atoms with E-state index in [1.807, 2.05) is 0 Å². The van der Waals surface area contributed by atoms with E-state index in [4.69, 9.17) is 4.74 Å². The zero-order valence-corrected chi connectivity index (χ0v) is 22.6. The van der Waals surface area contributed by atoms with E-state index in [-0.39, 0.29) is 5.97 Å². The van der Waals surface area contributed by atoms with Crippen molar-refractivity contribution >= 4 is 5.97 Å². The number of alkyl halides is 1. The van der Waals surface area contributed by atoms with Crippen LogP contribution in [0.15, 0.2) is 11.6 Å². The summed E-state index contributed by atoms with van der Waals surface area (Å²) in [5.74, 6) is -0.356. The molecule has 0 aliphatic rings. The van der Waals surface area contributed by atoms with Crippen LogP contribution in [0.3, 0.4) is 0 Å². The maximum atomic E-state index is 14.0. The molecule has 0 saturated heterocycles. The second kappa shape index (κ2) is 25.8. The zero-order valence-electron chi connectivity index (χ0n) is 22.6. The van der Waals surface area contributed by atoms with Gasteiger partial charge in [0.25, 0.3) is 0 Å². The Hall–Kier alpha value is -0.860. The summed E-state index contributed by atoms with van der Waals surface area (Å²) in [5, 5.41) is 0. The summed E-state index contributed by atoms with van der Waals surface area (Å²) in [6.45, 7) is 6.60. The number of rotatable bonds is 25. The van der Waals surface area contributed by atoms with Gasteiger partial charge in [-0.25, -0.2) is 9.18 Å². The standard InChI is InChI=1S/C30H57FO2/c1-4-6-8-10-12-13-14-15-16-17-18-19-20-22-24-26-33-30(32)28(3)27-29(31)25-23-21-11-9-7-5-2/h27,29H,4-26H2,1-3H3. The Kier molecular flexibility index (Phi) is 25.1. The molecule has 2 nitrogen and oxygen atoms in total. The van der Waals surface area contributed by atoms with Gasteiger partial charge >= 0.3 is 5.97 Å². The molecule has 0 aliphatic carbocycles. The van der Waals surface area contributed by atoms with Gasteiger partial charge in [-0.2, -0.15) is 0 Å². The van der Waals surface area contributed by atoms with Gasteiger partial charge in [0.1, 0.15) is 6.17 Å². The Bertz CT molecular complexity index is 447. The highest BCUT2D eigenvalue weighted by molar-refractivity contribution is 5.87. The van der Waals surface area contributed by atoms with Crippen molar-refractivity contribution in [1.29, 1.82) is 0 Å². The van der Waals surface area contributed by atoms with E-state index >= 15 is 0 Å². The third-order valence-corrected chi connectivity index (χ3v) is 6.57. The highest BCUT2D eigenvalue weighted by atomic mass is 19.1. The molecule has 0 aromatic carbocycles. The van der Waals surface area contributed by atoms with Gasteiger partial charge in [0, 0.05) is 5.57 Å². The number of carbonyl (C=O) groups is 1. The Morgan fingerprint density at radius 3 is 1.42 bits per heavy atom. The molecule has 0 fully saturated rings. The Morgan fingerprint density at radius 2 is 1.00 bits per heavy atom. The van der Waals surface area contributed by atoms with Gasteiger partial charge in [0.05, 0.1) is 6.61 Å². The molecule has 0 aromatic heterocycles. The maximum absolute atomic E-state index is 14.0. The number of hydrogen-bond donors (Lipinski definition) is 0. The molecule has 3 heteroatoms. The Morgan fingerprint density at radius 1 is 0.636 bits per heavy atom. The number of unbranched alkanes of at least 4 members (excludes halogenated alkanes) is 19. The average Bonchev–Trinajstić information content (AvgIpc) is 2.80. The molecule has 0 aromatic rings. The molecule has 0 aliphatic heterocycles. The normalized spacial score (nSPS) is 12.8. The van der Waals surface area contributed by atoms with E-state index in [0.717, 1.165) is 25.7 Å². The molecule has 0 spiro atoms. The van der Waals surface area contributed by atoms with Crippen LogP contribution in [0.4, 0.5) is 4.39 Å². The minimum Gasteiger partial charge on any atom is -0.462 e. The SMILES string of the molecule is CCCCCCCCCCCCCCCCCOC(=O)C(C)=CC(F)CCCCCCCC. The van der Waals surface area contributed by atoms with E-state index in [1.165, 1.54) is 115 Å². The Balaban J connectivity index is 3.47. The van der Waals surface area contributed by atoms with Crippen molar-refractivity contribution in [2.45, 2.75) is 168 Å². The lowest BCUT2D eigenvalue weighted by Gasteiger charge is -2.07. The minimum atomic E-state index is -1.03. The first kappa shape index (κ1) is 32.1. The average molecular weight is 469 g/mol. The highest BCUT2D eigenvalue weighted by Crippen LogP contribution is 2.15. The topological polar surface area (TPSA) is 26.3 Å². The summed E-state index contributed by atoms with van der Waals surface area (Å²) in [6.07, 6.45) is 27.6. The quantitative estimate of drug-likeness (QED) is 0.0756. The Labute approximate surface area is 206 Å². The lowest BCUT2D eigenvalue weighted by Crippen LogP contribution is -2.09. The van der Waals surface area contributed by atoms with Gasteiger partial charge in [0.15, 0.2) is 0 Å². The van der Waals surface area contributed by atoms with Gasteiger partial charge in [-0.05, 0) is 25.8 Å². The van der Waals surface area contributed by atoms with E-state index in [9.17, 15) is 9.18 Å². The van der Waals surface area contributed by atoms with Crippen LogP contribution in [0, 0.1) is 0 Å². The first-order valence-electron chi connectivity index (χ1n) is 14.6. The molecular weight excluding hydrogens is 411 g/mol. The van der Waals surface area contributed by atoms with Gasteiger partial charge in [-0.15, -0.1) is 0 Å². The van der Waals surface area contributed by atoms with Crippen molar-refractivity contribution in [3.63, 3.8) is 0 Å². The van der Waals surface area contributed by atoms with Gasteiger partial charge in [-0.1, -0.05) is 142 Å². The molecule has 0 amide bonds. The van der Waals surface area contributed by atoms with Gasteiger partial charge in [0.2, 0.25) is 0 Å². The van der Waals surface area contributed by atoms with Crippen molar-refractivity contribution in [1.82, 2.24) is 0 Å². The smallest absolute Gasteiger partial charge is 0.333 e. The summed E-state index contributed by atoms with van der Waals surface area (Å²) in [6, 6.07) is 0. The highest BCUT2D eigenvalue weighted by Gasteiger charge is 2.10. The van der Waals surface area contributed by atoms with Crippen LogP contribution >= 0.6 is 0 Å². The van der Waals surface area contributed by atoms with Crippen LogP contribution in [0.5, 0.6) is 0 Å². The second-order valence-electron chi connectivity index (χ2n) is 10.0. The summed E-state index contributed by atoms with van der Waals surface area (Å²) < 4.78 is 19.4. The molecule has 0 radical (unpaired) electrons. The molecule has 1 unspecified atom stereocenters. The van der Waals surface area contributed by atoms with Crippen molar-refractivity contribution < 1.29 is 13.9 Å². The largest absolute Gasteiger partial charge is 0.462 e. The molecule has 33 heavy (non-hydrogen) atoms. The molecule has 0 saturated carbocycles. The first-order valence-corrected chi connectivity index (χ1v) is 14.6. The molecule has 196 valence electrons. The number of ether oxygens (including phenoxy) is 1. The van der Waals surface area contributed by atoms with E-state index < -0.39 is 6.17 Å². The van der Waals surface area contributed by atoms with Crippen LogP contribution in [-0.2, 0) is 9.53 Å². The number of hydrogen-bond acceptors (Lipinski definition) is 2. The zero-order chi connectivity index (χ0) is 24.4. The molecule has 0 rings (SSSR count). The third kappa shape index (κ3) is 24.1. The predicted octanol–water partition coefficient (Wildman–Crippen LogP) is 10.4. The van der Waals surface area contributed by atoms with Crippen LogP contribution in [0.1, 0.15) is 162 Å². The van der Waals surface area contributed by atoms with E-state index in [2.05, 4.69) is 13.8 Å². The summed E-state index contributed by atoms with van der Waals surface area (Å²) in [7, 11) is 0. The van der Waals surface area contributed by atoms with Crippen LogP contribution in [0.25, 0.3) is 0 Å². The van der Waals surface area contributed by atoms with E-state index in [0.29, 0.717) is 18.6 Å². The fraction of sp³-hybridized carbons (Fsp3) is 0.900. The number of esters is 1. The van der Waals surface area contributed by atoms with Crippen LogP contribution < -0.4 is 0 Å². The molecule has 0 heterocycles. The molecule has 0 N–H and O–H groups in total. The van der Waals surface area contributed by atoms with Crippen molar-refractivity contribution in [3.05, 3.63) is 11.6 Å². The predicted molar refractivity (Wildman–Crippen MR) is 143 cm³/mol. The molecule has 1 atom stereocenters. The maximum Gasteiger partial charge on any atom is 0.333 e. The fourth-order valence-corrected chi connectivity index (χ4v) is 4.29.